The maximum atomic E-state index is 13.2. The number of nitrogens with one attached hydrogen (secondary N) is 1. The monoisotopic (exact) mass is 520 g/mol. The van der Waals surface area contributed by atoms with E-state index in [-0.39, 0.29) is 34.6 Å². The molecule has 0 radical (unpaired) electrons. The van der Waals surface area contributed by atoms with Crippen LogP contribution in [0.1, 0.15) is 31.3 Å². The molecule has 186 valence electrons. The van der Waals surface area contributed by atoms with Crippen LogP contribution in [0.3, 0.4) is 0 Å². The third kappa shape index (κ3) is 5.51. The minimum atomic E-state index is -3.77. The molecular formula is C24H25ClN2O7S. The maximum absolute atomic E-state index is 13.2. The molecule has 1 N–H and O–H groups in total. The summed E-state index contributed by atoms with van der Waals surface area (Å²) in [6.07, 6.45) is 3.15. The van der Waals surface area contributed by atoms with E-state index in [1.807, 2.05) is 0 Å². The summed E-state index contributed by atoms with van der Waals surface area (Å²) in [5.41, 5.74) is 0.804. The second kappa shape index (κ2) is 10.4. The van der Waals surface area contributed by atoms with Gasteiger partial charge in [0.1, 0.15) is 11.5 Å². The summed E-state index contributed by atoms with van der Waals surface area (Å²) in [6, 6.07) is 8.97. The van der Waals surface area contributed by atoms with Crippen molar-refractivity contribution >= 4 is 39.6 Å². The number of carbonyl (C=O) groups is 2. The van der Waals surface area contributed by atoms with Crippen molar-refractivity contribution in [2.24, 2.45) is 0 Å². The number of esters is 1. The van der Waals surface area contributed by atoms with Gasteiger partial charge in [-0.1, -0.05) is 11.6 Å². The van der Waals surface area contributed by atoms with Gasteiger partial charge in [0.15, 0.2) is 0 Å². The van der Waals surface area contributed by atoms with Crippen molar-refractivity contribution in [1.82, 2.24) is 9.62 Å². The largest absolute Gasteiger partial charge is 0.465 e. The number of halogens is 1. The number of allylic oxidation sites excluding steroid dienone is 1. The zero-order chi connectivity index (χ0) is 25.2. The Hall–Kier alpha value is -2.92. The summed E-state index contributed by atoms with van der Waals surface area (Å²) in [7, 11) is -2.52. The van der Waals surface area contributed by atoms with Crippen molar-refractivity contribution < 1.29 is 31.9 Å². The summed E-state index contributed by atoms with van der Waals surface area (Å²) in [5.74, 6) is -0.349. The fraction of sp³-hybridized carbons (Fsp3) is 0.333. The van der Waals surface area contributed by atoms with Crippen molar-refractivity contribution in [3.63, 3.8) is 0 Å². The van der Waals surface area contributed by atoms with E-state index >= 15 is 0 Å². The standard InChI is InChI=1S/C24H25ClN2O7S/c1-15-22(24(29)32-2)21(23(28)27(15)14-19-4-3-11-33-19)12-17-7-8-18(34-17)13-26-35(30,31)20-9-5-16(25)6-10-20/h5-10,12,19,26H,3-4,11,13-14H2,1-2H3/b21-12+/t19-/m1/s1. The number of ether oxygens (including phenoxy) is 2. The molecule has 1 fully saturated rings. The highest BCUT2D eigenvalue weighted by Crippen LogP contribution is 2.33. The number of furan rings is 1. The molecule has 35 heavy (non-hydrogen) atoms. The van der Waals surface area contributed by atoms with Gasteiger partial charge in [-0.3, -0.25) is 4.79 Å². The molecule has 0 unspecified atom stereocenters. The van der Waals surface area contributed by atoms with Crippen LogP contribution in [-0.2, 0) is 35.6 Å². The van der Waals surface area contributed by atoms with Crippen LogP contribution in [0, 0.1) is 0 Å². The van der Waals surface area contributed by atoms with Gasteiger partial charge in [-0.25, -0.2) is 17.9 Å². The molecule has 1 saturated heterocycles. The van der Waals surface area contributed by atoms with Crippen molar-refractivity contribution in [2.75, 3.05) is 20.3 Å². The first-order valence-electron chi connectivity index (χ1n) is 11.0. The van der Waals surface area contributed by atoms with Gasteiger partial charge in [-0.15, -0.1) is 0 Å². The minimum absolute atomic E-state index is 0.0713. The zero-order valence-corrected chi connectivity index (χ0v) is 20.8. The van der Waals surface area contributed by atoms with Crippen LogP contribution in [0.15, 0.2) is 62.6 Å². The molecule has 2 aromatic rings. The maximum Gasteiger partial charge on any atom is 0.340 e. The average Bonchev–Trinajstić information content (AvgIpc) is 3.56. The number of hydrogen-bond acceptors (Lipinski definition) is 7. The topological polar surface area (TPSA) is 115 Å². The Morgan fingerprint density at radius 2 is 2.00 bits per heavy atom. The number of rotatable bonds is 8. The molecule has 0 saturated carbocycles. The van der Waals surface area contributed by atoms with Crippen LogP contribution in [0.25, 0.3) is 6.08 Å². The quantitative estimate of drug-likeness (QED) is 0.419. The summed E-state index contributed by atoms with van der Waals surface area (Å²) in [5, 5.41) is 0.430. The van der Waals surface area contributed by atoms with Crippen LogP contribution in [-0.4, -0.2) is 51.6 Å². The minimum Gasteiger partial charge on any atom is -0.465 e. The number of carbonyl (C=O) groups excluding carboxylic acids is 2. The van der Waals surface area contributed by atoms with Gasteiger partial charge in [0.05, 0.1) is 42.3 Å². The fourth-order valence-corrected chi connectivity index (χ4v) is 5.13. The Kier molecular flexibility index (Phi) is 7.46. The Labute approximate surface area is 208 Å². The number of hydrogen-bond donors (Lipinski definition) is 1. The van der Waals surface area contributed by atoms with E-state index in [4.69, 9.17) is 25.5 Å². The van der Waals surface area contributed by atoms with Crippen LogP contribution in [0.5, 0.6) is 0 Å². The van der Waals surface area contributed by atoms with E-state index in [0.29, 0.717) is 35.4 Å². The third-order valence-corrected chi connectivity index (χ3v) is 7.51. The van der Waals surface area contributed by atoms with Crippen molar-refractivity contribution in [3.8, 4) is 0 Å². The molecule has 1 aromatic heterocycles. The smallest absolute Gasteiger partial charge is 0.340 e. The molecule has 9 nitrogen and oxygen atoms in total. The predicted octanol–water partition coefficient (Wildman–Crippen LogP) is 3.26. The molecule has 11 heteroatoms. The lowest BCUT2D eigenvalue weighted by Gasteiger charge is -2.21. The van der Waals surface area contributed by atoms with Crippen LogP contribution >= 0.6 is 11.6 Å². The third-order valence-electron chi connectivity index (χ3n) is 5.84. The van der Waals surface area contributed by atoms with E-state index in [1.54, 1.807) is 19.1 Å². The van der Waals surface area contributed by atoms with Gasteiger partial charge < -0.3 is 18.8 Å². The average molecular weight is 521 g/mol. The van der Waals surface area contributed by atoms with Gasteiger partial charge in [0.25, 0.3) is 5.91 Å². The molecule has 0 bridgehead atoms. The Morgan fingerprint density at radius 1 is 1.26 bits per heavy atom. The lowest BCUT2D eigenvalue weighted by molar-refractivity contribution is -0.136. The van der Waals surface area contributed by atoms with E-state index < -0.39 is 16.0 Å². The Bertz CT molecular complexity index is 1290. The lowest BCUT2D eigenvalue weighted by Crippen LogP contribution is -2.33. The van der Waals surface area contributed by atoms with Crippen LogP contribution in [0.2, 0.25) is 5.02 Å². The van der Waals surface area contributed by atoms with E-state index in [2.05, 4.69) is 4.72 Å². The highest BCUT2D eigenvalue weighted by molar-refractivity contribution is 7.89. The fourth-order valence-electron chi connectivity index (χ4n) is 4.01. The number of sulfonamides is 1. The Balaban J connectivity index is 1.52. The van der Waals surface area contributed by atoms with E-state index in [1.165, 1.54) is 42.4 Å². The second-order valence-electron chi connectivity index (χ2n) is 8.14. The first-order valence-corrected chi connectivity index (χ1v) is 12.8. The van der Waals surface area contributed by atoms with E-state index in [9.17, 15) is 18.0 Å². The zero-order valence-electron chi connectivity index (χ0n) is 19.2. The SMILES string of the molecule is COC(=O)C1=C(C)N(C[C@H]2CCCO2)C(=O)/C1=C/c1ccc(CNS(=O)(=O)c2ccc(Cl)cc2)o1. The number of nitrogens with zero attached hydrogens (tertiary/aromatic N) is 1. The van der Waals surface area contributed by atoms with Gasteiger partial charge in [0.2, 0.25) is 10.0 Å². The molecule has 4 rings (SSSR count). The Morgan fingerprint density at radius 3 is 2.66 bits per heavy atom. The van der Waals surface area contributed by atoms with Gasteiger partial charge in [-0.2, -0.15) is 0 Å². The highest BCUT2D eigenvalue weighted by Gasteiger charge is 2.38. The highest BCUT2D eigenvalue weighted by atomic mass is 35.5. The molecule has 2 aliphatic rings. The van der Waals surface area contributed by atoms with Crippen molar-refractivity contribution in [2.45, 2.75) is 37.3 Å². The molecular weight excluding hydrogens is 496 g/mol. The molecule has 3 heterocycles. The molecule has 0 aliphatic carbocycles. The van der Waals surface area contributed by atoms with Crippen molar-refractivity contribution in [1.29, 1.82) is 0 Å². The van der Waals surface area contributed by atoms with Gasteiger partial charge in [0, 0.05) is 17.3 Å². The second-order valence-corrected chi connectivity index (χ2v) is 10.3. The summed E-state index contributed by atoms with van der Waals surface area (Å²) in [4.78, 5) is 27.3. The lowest BCUT2D eigenvalue weighted by atomic mass is 10.1. The summed E-state index contributed by atoms with van der Waals surface area (Å²) >= 11 is 5.82. The predicted molar refractivity (Wildman–Crippen MR) is 128 cm³/mol. The summed E-state index contributed by atoms with van der Waals surface area (Å²) in [6.45, 7) is 2.59. The first-order chi connectivity index (χ1) is 16.7. The van der Waals surface area contributed by atoms with E-state index in [0.717, 1.165) is 12.8 Å². The van der Waals surface area contributed by atoms with Gasteiger partial charge >= 0.3 is 5.97 Å². The molecule has 1 aromatic carbocycles. The normalized spacial score (nSPS) is 19.7. The van der Waals surface area contributed by atoms with Crippen LogP contribution < -0.4 is 4.72 Å². The molecule has 1 amide bonds. The molecule has 1 atom stereocenters. The number of amides is 1. The molecule has 0 spiro atoms. The number of methoxy groups -OCH3 is 1. The van der Waals surface area contributed by atoms with Crippen LogP contribution in [0.4, 0.5) is 0 Å². The molecule has 2 aliphatic heterocycles. The van der Waals surface area contributed by atoms with Gasteiger partial charge in [-0.05, 0) is 62.2 Å². The number of benzene rings is 1. The summed E-state index contributed by atoms with van der Waals surface area (Å²) < 4.78 is 43.7. The van der Waals surface area contributed by atoms with Crippen molar-refractivity contribution in [3.05, 3.63) is 69.8 Å². The first kappa shape index (κ1) is 25.2.